The zero-order valence-electron chi connectivity index (χ0n) is 12.1. The number of methoxy groups -OCH3 is 1. The second kappa shape index (κ2) is 7.60. The largest absolute Gasteiger partial charge is 0.493 e. The molecule has 0 radical (unpaired) electrons. The normalized spacial score (nSPS) is 10.1. The van der Waals surface area contributed by atoms with Crippen LogP contribution in [0.15, 0.2) is 35.7 Å². The average Bonchev–Trinajstić information content (AvgIpc) is 2.99. The fourth-order valence-corrected chi connectivity index (χ4v) is 2.66. The average molecular weight is 303 g/mol. The van der Waals surface area contributed by atoms with Gasteiger partial charge in [-0.15, -0.1) is 0 Å². The minimum absolute atomic E-state index is 0.545. The maximum atomic E-state index is 8.86. The zero-order chi connectivity index (χ0) is 15.1. The van der Waals surface area contributed by atoms with Gasteiger partial charge in [0, 0.05) is 30.8 Å². The molecule has 2 rings (SSSR count). The van der Waals surface area contributed by atoms with Crippen LogP contribution in [-0.2, 0) is 6.54 Å². The van der Waals surface area contributed by atoms with Crippen molar-refractivity contribution >= 4 is 11.8 Å². The van der Waals surface area contributed by atoms with Crippen LogP contribution in [-0.4, -0.2) is 29.0 Å². The molecule has 5 nitrogen and oxygen atoms in total. The third-order valence-corrected chi connectivity index (χ3v) is 3.85. The number of benzene rings is 1. The van der Waals surface area contributed by atoms with Gasteiger partial charge in [-0.05, 0) is 19.1 Å². The summed E-state index contributed by atoms with van der Waals surface area (Å²) in [5.41, 5.74) is 0.554. The molecule has 110 valence electrons. The van der Waals surface area contributed by atoms with Crippen molar-refractivity contribution in [3.8, 4) is 17.6 Å². The van der Waals surface area contributed by atoms with E-state index < -0.39 is 0 Å². The van der Waals surface area contributed by atoms with E-state index >= 15 is 0 Å². The summed E-state index contributed by atoms with van der Waals surface area (Å²) in [5.74, 6) is 2.02. The van der Waals surface area contributed by atoms with E-state index in [-0.39, 0.29) is 0 Å². The van der Waals surface area contributed by atoms with Crippen LogP contribution in [0.5, 0.6) is 11.5 Å². The molecule has 0 bridgehead atoms. The number of nitrogens with zero attached hydrogens (tertiary/aromatic N) is 3. The van der Waals surface area contributed by atoms with Crippen molar-refractivity contribution in [2.24, 2.45) is 0 Å². The standard InChI is InChI=1S/C15H17N3O2S/c1-3-18-7-6-17-15(18)21-9-8-20-13-5-4-12(11-16)10-14(13)19-2/h4-7,10H,3,8-9H2,1-2H3. The molecule has 0 aliphatic carbocycles. The van der Waals surface area contributed by atoms with Crippen molar-refractivity contribution < 1.29 is 9.47 Å². The lowest BCUT2D eigenvalue weighted by atomic mass is 10.2. The monoisotopic (exact) mass is 303 g/mol. The molecule has 1 aromatic heterocycles. The van der Waals surface area contributed by atoms with E-state index in [1.807, 2.05) is 6.20 Å². The van der Waals surface area contributed by atoms with Gasteiger partial charge in [-0.2, -0.15) is 5.26 Å². The molecule has 0 N–H and O–H groups in total. The number of nitriles is 1. The molecule has 1 aromatic carbocycles. The molecule has 6 heteroatoms. The Labute approximate surface area is 128 Å². The Morgan fingerprint density at radius 2 is 2.24 bits per heavy atom. The molecular formula is C15H17N3O2S. The fraction of sp³-hybridized carbons (Fsp3) is 0.333. The molecule has 0 unspecified atom stereocenters. The van der Waals surface area contributed by atoms with Crippen LogP contribution in [0.4, 0.5) is 0 Å². The van der Waals surface area contributed by atoms with Crippen LogP contribution in [0, 0.1) is 11.3 Å². The maximum absolute atomic E-state index is 8.86. The maximum Gasteiger partial charge on any atom is 0.168 e. The van der Waals surface area contributed by atoms with Gasteiger partial charge in [0.1, 0.15) is 0 Å². The summed E-state index contributed by atoms with van der Waals surface area (Å²) in [5, 5.41) is 9.85. The molecule has 0 amide bonds. The van der Waals surface area contributed by atoms with Gasteiger partial charge >= 0.3 is 0 Å². The molecule has 2 aromatic rings. The molecule has 0 atom stereocenters. The molecular weight excluding hydrogens is 286 g/mol. The topological polar surface area (TPSA) is 60.1 Å². The summed E-state index contributed by atoms with van der Waals surface area (Å²) in [6, 6.07) is 7.23. The van der Waals surface area contributed by atoms with Crippen LogP contribution in [0.2, 0.25) is 0 Å². The van der Waals surface area contributed by atoms with Crippen molar-refractivity contribution in [2.75, 3.05) is 19.5 Å². The number of aromatic nitrogens is 2. The van der Waals surface area contributed by atoms with Gasteiger partial charge in [0.25, 0.3) is 0 Å². The third kappa shape index (κ3) is 3.92. The van der Waals surface area contributed by atoms with Gasteiger partial charge < -0.3 is 14.0 Å². The second-order valence-corrected chi connectivity index (χ2v) is 5.23. The number of ether oxygens (including phenoxy) is 2. The van der Waals surface area contributed by atoms with E-state index in [1.165, 1.54) is 0 Å². The van der Waals surface area contributed by atoms with Gasteiger partial charge in [0.05, 0.1) is 25.3 Å². The molecule has 0 aliphatic heterocycles. The van der Waals surface area contributed by atoms with E-state index in [9.17, 15) is 0 Å². The summed E-state index contributed by atoms with van der Waals surface area (Å²) < 4.78 is 13.0. The summed E-state index contributed by atoms with van der Waals surface area (Å²) in [6.07, 6.45) is 3.77. The van der Waals surface area contributed by atoms with E-state index in [1.54, 1.807) is 43.3 Å². The number of aryl methyl sites for hydroxylation is 1. The van der Waals surface area contributed by atoms with Crippen LogP contribution in [0.3, 0.4) is 0 Å². The molecule has 1 heterocycles. The first kappa shape index (κ1) is 15.3. The summed E-state index contributed by atoms with van der Waals surface area (Å²) in [7, 11) is 1.57. The van der Waals surface area contributed by atoms with Crippen molar-refractivity contribution in [1.29, 1.82) is 5.26 Å². The molecule has 0 spiro atoms. The Kier molecular flexibility index (Phi) is 5.52. The summed E-state index contributed by atoms with van der Waals surface area (Å²) >= 11 is 1.65. The first-order valence-electron chi connectivity index (χ1n) is 6.63. The van der Waals surface area contributed by atoms with Crippen molar-refractivity contribution in [2.45, 2.75) is 18.6 Å². The number of rotatable bonds is 7. The predicted molar refractivity (Wildman–Crippen MR) is 81.8 cm³/mol. The van der Waals surface area contributed by atoms with Crippen LogP contribution < -0.4 is 9.47 Å². The van der Waals surface area contributed by atoms with Crippen molar-refractivity contribution in [1.82, 2.24) is 9.55 Å². The SMILES string of the molecule is CCn1ccnc1SCCOc1ccc(C#N)cc1OC. The zero-order valence-corrected chi connectivity index (χ0v) is 12.9. The minimum atomic E-state index is 0.545. The highest BCUT2D eigenvalue weighted by molar-refractivity contribution is 7.99. The third-order valence-electron chi connectivity index (χ3n) is 2.88. The van der Waals surface area contributed by atoms with Gasteiger partial charge in [-0.25, -0.2) is 4.98 Å². The van der Waals surface area contributed by atoms with Gasteiger partial charge in [0.2, 0.25) is 0 Å². The first-order valence-corrected chi connectivity index (χ1v) is 7.62. The van der Waals surface area contributed by atoms with E-state index in [0.717, 1.165) is 17.5 Å². The molecule has 0 saturated carbocycles. The van der Waals surface area contributed by atoms with Crippen molar-refractivity contribution in [3.63, 3.8) is 0 Å². The number of thioether (sulfide) groups is 1. The van der Waals surface area contributed by atoms with Gasteiger partial charge in [0.15, 0.2) is 16.7 Å². The first-order chi connectivity index (χ1) is 10.3. The van der Waals surface area contributed by atoms with E-state index in [2.05, 4.69) is 22.5 Å². The van der Waals surface area contributed by atoms with Gasteiger partial charge in [-0.1, -0.05) is 11.8 Å². The smallest absolute Gasteiger partial charge is 0.168 e. The van der Waals surface area contributed by atoms with Gasteiger partial charge in [-0.3, -0.25) is 0 Å². The fourth-order valence-electron chi connectivity index (χ4n) is 1.82. The number of hydrogen-bond acceptors (Lipinski definition) is 5. The number of hydrogen-bond donors (Lipinski definition) is 0. The highest BCUT2D eigenvalue weighted by atomic mass is 32.2. The molecule has 21 heavy (non-hydrogen) atoms. The minimum Gasteiger partial charge on any atom is -0.493 e. The lowest BCUT2D eigenvalue weighted by molar-refractivity contribution is 0.313. The van der Waals surface area contributed by atoms with E-state index in [0.29, 0.717) is 23.7 Å². The van der Waals surface area contributed by atoms with E-state index in [4.69, 9.17) is 14.7 Å². The Hall–Kier alpha value is -2.13. The Morgan fingerprint density at radius 1 is 1.38 bits per heavy atom. The Balaban J connectivity index is 1.88. The lowest BCUT2D eigenvalue weighted by Crippen LogP contribution is -2.03. The second-order valence-electron chi connectivity index (χ2n) is 4.17. The van der Waals surface area contributed by atoms with Crippen LogP contribution in [0.1, 0.15) is 12.5 Å². The highest BCUT2D eigenvalue weighted by Crippen LogP contribution is 2.28. The summed E-state index contributed by atoms with van der Waals surface area (Å²) in [4.78, 5) is 4.30. The Bertz CT molecular complexity index is 634. The van der Waals surface area contributed by atoms with Crippen molar-refractivity contribution in [3.05, 3.63) is 36.2 Å². The predicted octanol–water partition coefficient (Wildman–Crippen LogP) is 2.95. The van der Waals surface area contributed by atoms with Crippen LogP contribution >= 0.6 is 11.8 Å². The van der Waals surface area contributed by atoms with Crippen LogP contribution in [0.25, 0.3) is 0 Å². The Morgan fingerprint density at radius 3 is 2.95 bits per heavy atom. The molecule has 0 saturated heterocycles. The highest BCUT2D eigenvalue weighted by Gasteiger charge is 2.06. The number of imidazole rings is 1. The molecule has 0 aliphatic rings. The summed E-state index contributed by atoms with van der Waals surface area (Å²) in [6.45, 7) is 3.54. The quantitative estimate of drug-likeness (QED) is 0.581. The molecule has 0 fully saturated rings. The lowest BCUT2D eigenvalue weighted by Gasteiger charge is -2.10.